The number of hydrogen-bond donors (Lipinski definition) is 1. The first-order chi connectivity index (χ1) is 10.2. The number of nitrogens with zero attached hydrogens (tertiary/aromatic N) is 2. The van der Waals surface area contributed by atoms with Crippen LogP contribution in [0.25, 0.3) is 10.2 Å². The topological polar surface area (TPSA) is 28.2 Å². The summed E-state index contributed by atoms with van der Waals surface area (Å²) in [5, 5.41) is 4.82. The number of aromatic nitrogens is 1. The highest BCUT2D eigenvalue weighted by atomic mass is 32.1. The van der Waals surface area contributed by atoms with E-state index < -0.39 is 0 Å². The van der Waals surface area contributed by atoms with Gasteiger partial charge >= 0.3 is 0 Å². The zero-order chi connectivity index (χ0) is 14.4. The van der Waals surface area contributed by atoms with E-state index in [0.717, 1.165) is 22.7 Å². The predicted molar refractivity (Wildman–Crippen MR) is 90.2 cm³/mol. The molecule has 0 amide bonds. The number of anilines is 1. The SMILES string of the molecule is Cc1ccc2sc(NC3CC4CCCC(C3)N4C)nc2c1. The first-order valence-electron chi connectivity index (χ1n) is 8.05. The molecule has 0 aliphatic carbocycles. The van der Waals surface area contributed by atoms with Gasteiger partial charge in [0.25, 0.3) is 0 Å². The zero-order valence-corrected chi connectivity index (χ0v) is 13.6. The van der Waals surface area contributed by atoms with Crippen LogP contribution in [0.4, 0.5) is 5.13 Å². The maximum absolute atomic E-state index is 4.77. The first-order valence-corrected chi connectivity index (χ1v) is 8.86. The second kappa shape index (κ2) is 5.25. The fourth-order valence-electron chi connectivity index (χ4n) is 4.01. The largest absolute Gasteiger partial charge is 0.359 e. The van der Waals surface area contributed by atoms with Crippen molar-refractivity contribution in [1.29, 1.82) is 0 Å². The Labute approximate surface area is 130 Å². The minimum absolute atomic E-state index is 0.596. The first kappa shape index (κ1) is 13.5. The van der Waals surface area contributed by atoms with Crippen LogP contribution < -0.4 is 5.32 Å². The van der Waals surface area contributed by atoms with Gasteiger partial charge in [0.2, 0.25) is 0 Å². The van der Waals surface area contributed by atoms with Gasteiger partial charge in [-0.2, -0.15) is 0 Å². The lowest BCUT2D eigenvalue weighted by atomic mass is 9.82. The third kappa shape index (κ3) is 2.55. The van der Waals surface area contributed by atoms with E-state index in [4.69, 9.17) is 4.98 Å². The van der Waals surface area contributed by atoms with Crippen molar-refractivity contribution in [2.45, 2.75) is 57.2 Å². The zero-order valence-electron chi connectivity index (χ0n) is 12.8. The average Bonchev–Trinajstić information content (AvgIpc) is 2.81. The molecule has 1 N–H and O–H groups in total. The smallest absolute Gasteiger partial charge is 0.184 e. The van der Waals surface area contributed by atoms with Gasteiger partial charge < -0.3 is 10.2 Å². The summed E-state index contributed by atoms with van der Waals surface area (Å²) >= 11 is 1.79. The van der Waals surface area contributed by atoms with Gasteiger partial charge in [-0.3, -0.25) is 0 Å². The molecule has 2 bridgehead atoms. The molecule has 2 aromatic rings. The van der Waals surface area contributed by atoms with Gasteiger partial charge in [-0.25, -0.2) is 4.98 Å². The molecule has 1 aromatic heterocycles. The minimum atomic E-state index is 0.596. The van der Waals surface area contributed by atoms with Crippen molar-refractivity contribution in [2.24, 2.45) is 0 Å². The Bertz CT molecular complexity index is 637. The van der Waals surface area contributed by atoms with Crippen molar-refractivity contribution < 1.29 is 0 Å². The molecule has 0 saturated carbocycles. The summed E-state index contributed by atoms with van der Waals surface area (Å²) in [7, 11) is 2.31. The number of hydrogen-bond acceptors (Lipinski definition) is 4. The van der Waals surface area contributed by atoms with Crippen LogP contribution in [0, 0.1) is 6.92 Å². The van der Waals surface area contributed by atoms with Crippen LogP contribution in [-0.4, -0.2) is 35.1 Å². The number of nitrogens with one attached hydrogen (secondary N) is 1. The Morgan fingerprint density at radius 2 is 2.00 bits per heavy atom. The number of thiazole rings is 1. The highest BCUT2D eigenvalue weighted by Gasteiger charge is 2.36. The van der Waals surface area contributed by atoms with Crippen molar-refractivity contribution in [1.82, 2.24) is 9.88 Å². The number of benzene rings is 1. The van der Waals surface area contributed by atoms with Crippen molar-refractivity contribution in [2.75, 3.05) is 12.4 Å². The molecule has 2 atom stereocenters. The molecule has 21 heavy (non-hydrogen) atoms. The Balaban J connectivity index is 1.52. The molecule has 2 unspecified atom stereocenters. The second-order valence-electron chi connectivity index (χ2n) is 6.71. The number of rotatable bonds is 2. The van der Waals surface area contributed by atoms with Crippen LogP contribution in [0.2, 0.25) is 0 Å². The minimum Gasteiger partial charge on any atom is -0.359 e. The van der Waals surface area contributed by atoms with Crippen LogP contribution in [0.1, 0.15) is 37.7 Å². The summed E-state index contributed by atoms with van der Waals surface area (Å²) in [6.07, 6.45) is 6.67. The molecule has 4 heteroatoms. The lowest BCUT2D eigenvalue weighted by molar-refractivity contribution is 0.0608. The van der Waals surface area contributed by atoms with Crippen LogP contribution in [0.3, 0.4) is 0 Å². The molecular weight excluding hydrogens is 278 g/mol. The molecule has 112 valence electrons. The maximum atomic E-state index is 4.77. The molecular formula is C17H23N3S. The lowest BCUT2D eigenvalue weighted by Gasteiger charge is -2.47. The van der Waals surface area contributed by atoms with Gasteiger partial charge in [0, 0.05) is 18.1 Å². The van der Waals surface area contributed by atoms with E-state index in [9.17, 15) is 0 Å². The third-order valence-electron chi connectivity index (χ3n) is 5.21. The van der Waals surface area contributed by atoms with Crippen molar-refractivity contribution in [3.63, 3.8) is 0 Å². The van der Waals surface area contributed by atoms with Crippen molar-refractivity contribution in [3.05, 3.63) is 23.8 Å². The number of fused-ring (bicyclic) bond motifs is 3. The third-order valence-corrected chi connectivity index (χ3v) is 6.18. The van der Waals surface area contributed by atoms with E-state index in [0.29, 0.717) is 6.04 Å². The predicted octanol–water partition coefficient (Wildman–Crippen LogP) is 4.03. The van der Waals surface area contributed by atoms with Crippen LogP contribution >= 0.6 is 11.3 Å². The molecule has 4 rings (SSSR count). The molecule has 3 nitrogen and oxygen atoms in total. The molecule has 0 spiro atoms. The van der Waals surface area contributed by atoms with Gasteiger partial charge in [0.05, 0.1) is 10.2 Å². The van der Waals surface area contributed by atoms with Gasteiger partial charge in [-0.15, -0.1) is 0 Å². The number of aryl methyl sites for hydroxylation is 1. The summed E-state index contributed by atoms with van der Waals surface area (Å²) in [5.41, 5.74) is 2.42. The second-order valence-corrected chi connectivity index (χ2v) is 7.74. The summed E-state index contributed by atoms with van der Waals surface area (Å²) < 4.78 is 1.29. The maximum Gasteiger partial charge on any atom is 0.184 e. The highest BCUT2D eigenvalue weighted by molar-refractivity contribution is 7.22. The normalized spacial score (nSPS) is 29.7. The Morgan fingerprint density at radius 3 is 2.76 bits per heavy atom. The standard InChI is InChI=1S/C17H23N3S/c1-11-6-7-16-15(8-11)19-17(21-16)18-12-9-13-4-3-5-14(10-12)20(13)2/h6-8,12-14H,3-5,9-10H2,1-2H3,(H,18,19). The van der Waals surface area contributed by atoms with E-state index in [1.165, 1.54) is 42.4 Å². The molecule has 2 saturated heterocycles. The summed E-state index contributed by atoms with van der Waals surface area (Å²) in [6.45, 7) is 2.13. The molecule has 1 aromatic carbocycles. The van der Waals surface area contributed by atoms with Crippen LogP contribution in [0.5, 0.6) is 0 Å². The Morgan fingerprint density at radius 1 is 1.24 bits per heavy atom. The van der Waals surface area contributed by atoms with Crippen LogP contribution in [-0.2, 0) is 0 Å². The van der Waals surface area contributed by atoms with E-state index in [1.54, 1.807) is 11.3 Å². The van der Waals surface area contributed by atoms with Crippen LogP contribution in [0.15, 0.2) is 18.2 Å². The fraction of sp³-hybridized carbons (Fsp3) is 0.588. The fourth-order valence-corrected chi connectivity index (χ4v) is 4.93. The van der Waals surface area contributed by atoms with Crippen molar-refractivity contribution >= 4 is 26.7 Å². The Hall–Kier alpha value is -1.13. The van der Waals surface area contributed by atoms with Gasteiger partial charge in [-0.1, -0.05) is 23.8 Å². The van der Waals surface area contributed by atoms with E-state index in [1.807, 2.05) is 0 Å². The lowest BCUT2D eigenvalue weighted by Crippen LogP contribution is -2.52. The molecule has 2 aliphatic rings. The van der Waals surface area contributed by atoms with E-state index >= 15 is 0 Å². The highest BCUT2D eigenvalue weighted by Crippen LogP contribution is 2.35. The van der Waals surface area contributed by atoms with Crippen molar-refractivity contribution in [3.8, 4) is 0 Å². The molecule has 3 heterocycles. The number of piperidine rings is 2. The van der Waals surface area contributed by atoms with Gasteiger partial charge in [-0.05, 0) is 57.4 Å². The van der Waals surface area contributed by atoms with Gasteiger partial charge in [0.1, 0.15) is 0 Å². The molecule has 0 radical (unpaired) electrons. The average molecular weight is 301 g/mol. The molecule has 2 fully saturated rings. The van der Waals surface area contributed by atoms with Gasteiger partial charge in [0.15, 0.2) is 5.13 Å². The summed E-state index contributed by atoms with van der Waals surface area (Å²) in [5.74, 6) is 0. The summed E-state index contributed by atoms with van der Waals surface area (Å²) in [4.78, 5) is 7.39. The van der Waals surface area contributed by atoms with E-state index in [-0.39, 0.29) is 0 Å². The van der Waals surface area contributed by atoms with E-state index in [2.05, 4.69) is 42.4 Å². The Kier molecular flexibility index (Phi) is 3.38. The quantitative estimate of drug-likeness (QED) is 0.907. The summed E-state index contributed by atoms with van der Waals surface area (Å²) in [6, 6.07) is 8.68. The molecule has 2 aliphatic heterocycles. The monoisotopic (exact) mass is 301 g/mol.